The van der Waals surface area contributed by atoms with Crippen LogP contribution in [0.3, 0.4) is 0 Å². The number of rotatable bonds is 17. The van der Waals surface area contributed by atoms with Crippen LogP contribution in [0.5, 0.6) is 0 Å². The first-order valence-electron chi connectivity index (χ1n) is 59.2. The molecule has 0 unspecified atom stereocenters. The second-order valence-corrected chi connectivity index (χ2v) is 55.7. The first-order chi connectivity index (χ1) is 70.0. The van der Waals surface area contributed by atoms with Crippen molar-refractivity contribution in [2.24, 2.45) is 199 Å². The molecule has 5 aromatic heterocycles. The molecule has 806 valence electrons. The van der Waals surface area contributed by atoms with Gasteiger partial charge < -0.3 is 25.5 Å². The molecule has 39 atom stereocenters. The number of halogens is 5. The van der Waals surface area contributed by atoms with E-state index in [-0.39, 0.29) is 41.8 Å². The van der Waals surface area contributed by atoms with E-state index in [2.05, 4.69) is 138 Å². The minimum absolute atomic E-state index is 0.110. The van der Waals surface area contributed by atoms with E-state index in [0.29, 0.717) is 143 Å². The first kappa shape index (κ1) is 106. The molecule has 17 saturated carbocycles. The van der Waals surface area contributed by atoms with E-state index >= 15 is 4.39 Å². The molecule has 0 aliphatic heterocycles. The number of nitrogens with zero attached hydrogens (tertiary/aromatic N) is 10. The lowest BCUT2D eigenvalue weighted by atomic mass is 9.48. The molecule has 0 bridgehead atoms. The average Bonchev–Trinajstić information content (AvgIpc) is 1.58. The van der Waals surface area contributed by atoms with E-state index in [1.54, 1.807) is 5.57 Å². The van der Waals surface area contributed by atoms with Crippen LogP contribution >= 0.6 is 0 Å². The van der Waals surface area contributed by atoms with Crippen molar-refractivity contribution in [3.63, 3.8) is 0 Å². The fourth-order valence-electron chi connectivity index (χ4n) is 40.9. The second-order valence-electron chi connectivity index (χ2n) is 55.7. The molecule has 5 N–H and O–H groups in total. The molecule has 0 aromatic carbocycles. The normalized spacial score (nSPS) is 45.7. The van der Waals surface area contributed by atoms with Crippen molar-refractivity contribution in [1.82, 2.24) is 48.9 Å². The highest BCUT2D eigenvalue weighted by Crippen LogP contribution is 2.73. The fraction of sp³-hybridized carbons (Fsp3) is 0.756. The molecule has 5 aromatic rings. The van der Waals surface area contributed by atoms with Crippen molar-refractivity contribution in [1.29, 1.82) is 0 Å². The zero-order valence-corrected chi connectivity index (χ0v) is 91.2. The number of aromatic nitrogens is 10. The lowest BCUT2D eigenvalue weighted by Crippen LogP contribution is -2.52. The Bertz CT molecular complexity index is 5560. The van der Waals surface area contributed by atoms with Crippen LogP contribution in [-0.4, -0.2) is 115 Å². The summed E-state index contributed by atoms with van der Waals surface area (Å²) in [5, 5.41) is 74.9. The summed E-state index contributed by atoms with van der Waals surface area (Å²) in [6.45, 7) is 49.9. The van der Waals surface area contributed by atoms with Crippen LogP contribution in [0.4, 0.5) is 22.0 Å². The van der Waals surface area contributed by atoms with E-state index in [0.717, 1.165) is 160 Å². The lowest BCUT2D eigenvalue weighted by molar-refractivity contribution is -0.158. The summed E-state index contributed by atoms with van der Waals surface area (Å²) in [6.07, 6.45) is 61.3. The quantitative estimate of drug-likeness (QED) is 0.0442. The van der Waals surface area contributed by atoms with Gasteiger partial charge in [0.05, 0.1) is 55.4 Å². The molecular formula is C127H183F5N10O5. The average molecular weight is 2020 g/mol. The molecule has 20 aliphatic carbocycles. The maximum Gasteiger partial charge on any atom is 0.267 e. The molecule has 25 rings (SSSR count). The highest BCUT2D eigenvalue weighted by atomic mass is 19.3. The van der Waals surface area contributed by atoms with Gasteiger partial charge in [-0.15, -0.1) is 0 Å². The maximum atomic E-state index is 15.3. The number of hydrogen-bond donors (Lipinski definition) is 5. The summed E-state index contributed by atoms with van der Waals surface area (Å²) in [4.78, 5) is 0. The van der Waals surface area contributed by atoms with E-state index in [1.165, 1.54) is 188 Å². The van der Waals surface area contributed by atoms with Gasteiger partial charge >= 0.3 is 0 Å². The maximum absolute atomic E-state index is 15.3. The number of hydrogen-bond acceptors (Lipinski definition) is 10. The Balaban J connectivity index is 0.000000108. The minimum atomic E-state index is -2.65. The van der Waals surface area contributed by atoms with E-state index < -0.39 is 40.9 Å². The molecule has 0 radical (unpaired) electrons. The monoisotopic (exact) mass is 2020 g/mol. The molecule has 147 heavy (non-hydrogen) atoms. The highest BCUT2D eigenvalue weighted by Gasteiger charge is 2.66. The van der Waals surface area contributed by atoms with Crippen LogP contribution in [-0.2, 0) is 32.7 Å². The molecule has 0 amide bonds. The Morgan fingerprint density at radius 3 is 1.07 bits per heavy atom. The summed E-state index contributed by atoms with van der Waals surface area (Å²) in [5.41, 5.74) is 6.80. The Morgan fingerprint density at radius 2 is 0.673 bits per heavy atom. The summed E-state index contributed by atoms with van der Waals surface area (Å²) in [5.74, 6) is 18.7. The summed E-state index contributed by atoms with van der Waals surface area (Å²) >= 11 is 0. The zero-order valence-electron chi connectivity index (χ0n) is 91.2. The van der Waals surface area contributed by atoms with Gasteiger partial charge in [0, 0.05) is 74.8 Å². The zero-order chi connectivity index (χ0) is 103. The Morgan fingerprint density at radius 1 is 0.333 bits per heavy atom. The number of fused-ring (bicyclic) bond motifs is 25. The van der Waals surface area contributed by atoms with Crippen molar-refractivity contribution in [3.8, 4) is 0 Å². The van der Waals surface area contributed by atoms with E-state index in [4.69, 9.17) is 0 Å². The predicted octanol–water partition coefficient (Wildman–Crippen LogP) is 28.3. The van der Waals surface area contributed by atoms with E-state index in [1.807, 2.05) is 117 Å². The number of alkyl halides is 4. The molecular weight excluding hydrogens is 1840 g/mol. The molecule has 17 fully saturated rings. The van der Waals surface area contributed by atoms with Gasteiger partial charge in [0.2, 0.25) is 0 Å². The number of allylic oxidation sites excluding steroid dienone is 8. The molecule has 20 heteroatoms. The lowest BCUT2D eigenvalue weighted by Gasteiger charge is -2.58. The standard InChI is InChI=1S/C26H40N2O.C26H38N2O.C25H36F2N2O.C25H34F2N2O.C25H35FN2O/c2*1-17(16-28-13-5-12-27-28)23-8-9-24-21-7-6-19-15-26(4,29)18(2)14-22(19)20(21)10-11-25(23,24)3;2*1-16(15-29-13-3-12-28-29)21-6-7-22-20-5-4-17-14-25(30,23(26)27)11-9-18(17)19(20)8-10-24(21,22)2;1-16(15-28-12-4-11-27-28)21-5-6-22-19-13-23(26)20-14-24(2,29)9-7-18(20)17(19)8-10-25(21,22)3/h5,12-13,18-24,29H,1,6-11,14-16H2,2-4H3;5-6,12-13,18,20-24,29H,1,7-11,14-16H2,2-4H3;3,12-13,17-23,30H,1,4-11,14-15H2,2H3;3-4,12-13,18-23,30H,1,5-11,14-15H2,2H3;4,11-12,17-19,21-22,29H,1,5-10,13-15H2,2-3H3/t18-,19+,20-,21+,22-,23+,24-,25+,26-;18-,20-,21+,22-,23+,24-,25+,26-;17-,18-,19+,20+,21+,22-,24+,25+;18-,19+,20+,21+,22-,24+,25+;17-,18-,19-,21-,22+,24-,25-/m00001/s1. The third-order valence-corrected chi connectivity index (χ3v) is 48.5. The fourth-order valence-corrected chi connectivity index (χ4v) is 40.9. The van der Waals surface area contributed by atoms with Gasteiger partial charge in [0.25, 0.3) is 12.9 Å². The van der Waals surface area contributed by atoms with Gasteiger partial charge in [-0.2, -0.15) is 25.5 Å². The minimum Gasteiger partial charge on any atom is -0.390 e. The SMILES string of the molecule is C=C(Cn1cccn1)[C@H]1CC[C@H]2[C@@H]3CC(F)=C4C[C@](C)(O)CC[C@@H]4[C@H]3CC[C@]12C.C=C(Cn1cccn1)[C@H]1CC[C@H]2[C@@H]3CC=C4C[C@@](O)(C(F)F)CC[C@@H]4[C@H]3CC[C@]12C.C=C(Cn1cccn1)[C@H]1CC[C@H]2[C@@H]3CC=C4C[C@](C)(O)[C@@H](C)C[C@@H]4[C@H]3CC[C@]12C.C=C(Cn1cccn1)[C@H]1CC[C@H]2[C@@H]3CC[C@@H]4C[C@](C)(O)[C@@H](C)C[C@@H]4[C@H]3CC[C@]12C.C=C(Cn1cccn1)[C@H]1CC[C@H]2[C@@H]3CC[C@H]4C[C@@](O)(C(F)F)CC[C@@H]4[C@H]3CC[C@]12C. The summed E-state index contributed by atoms with van der Waals surface area (Å²) in [6, 6.07) is 9.91. The van der Waals surface area contributed by atoms with Gasteiger partial charge in [0.1, 0.15) is 11.2 Å². The van der Waals surface area contributed by atoms with Gasteiger partial charge in [-0.3, -0.25) is 23.4 Å². The van der Waals surface area contributed by atoms with Crippen LogP contribution in [0.2, 0.25) is 0 Å². The van der Waals surface area contributed by atoms with Crippen molar-refractivity contribution >= 4 is 0 Å². The third kappa shape index (κ3) is 19.6. The van der Waals surface area contributed by atoms with Crippen LogP contribution in [0.25, 0.3) is 0 Å². The van der Waals surface area contributed by atoms with Crippen LogP contribution in [0.1, 0.15) is 326 Å². The molecule has 20 aliphatic rings. The van der Waals surface area contributed by atoms with Crippen molar-refractivity contribution in [2.45, 2.75) is 400 Å². The highest BCUT2D eigenvalue weighted by molar-refractivity contribution is 5.31. The summed E-state index contributed by atoms with van der Waals surface area (Å²) in [7, 11) is 0. The molecule has 15 nitrogen and oxygen atoms in total. The van der Waals surface area contributed by atoms with Crippen LogP contribution < -0.4 is 0 Å². The molecule has 0 saturated heterocycles. The van der Waals surface area contributed by atoms with Gasteiger partial charge in [-0.25, -0.2) is 22.0 Å². The topological polar surface area (TPSA) is 190 Å². The Labute approximate surface area is 877 Å². The second kappa shape index (κ2) is 40.9. The Hall–Kier alpha value is -6.58. The van der Waals surface area contributed by atoms with Gasteiger partial charge in [-0.05, 0) is 499 Å². The Kier molecular flexibility index (Phi) is 29.5. The van der Waals surface area contributed by atoms with Crippen LogP contribution in [0, 0.1) is 199 Å². The number of aliphatic hydroxyl groups is 5. The van der Waals surface area contributed by atoms with Crippen molar-refractivity contribution in [2.75, 3.05) is 0 Å². The van der Waals surface area contributed by atoms with E-state index in [9.17, 15) is 43.1 Å². The smallest absolute Gasteiger partial charge is 0.267 e. The van der Waals surface area contributed by atoms with Crippen molar-refractivity contribution < 1.29 is 47.5 Å². The first-order valence-corrected chi connectivity index (χ1v) is 59.2. The largest absolute Gasteiger partial charge is 0.390 e. The van der Waals surface area contributed by atoms with Gasteiger partial charge in [0.15, 0.2) is 0 Å². The van der Waals surface area contributed by atoms with Crippen molar-refractivity contribution in [3.05, 3.63) is 188 Å². The van der Waals surface area contributed by atoms with Gasteiger partial charge in [-0.1, -0.05) is 133 Å². The van der Waals surface area contributed by atoms with Crippen LogP contribution in [0.15, 0.2) is 188 Å². The third-order valence-electron chi connectivity index (χ3n) is 48.5. The molecule has 0 spiro atoms. The molecule has 5 heterocycles. The predicted molar refractivity (Wildman–Crippen MR) is 573 cm³/mol. The summed E-state index contributed by atoms with van der Waals surface area (Å²) < 4.78 is 78.9.